The maximum Gasteiger partial charge on any atom is 0.231 e. The van der Waals surface area contributed by atoms with E-state index in [0.717, 1.165) is 36.4 Å². The predicted molar refractivity (Wildman–Crippen MR) is 82.1 cm³/mol. The summed E-state index contributed by atoms with van der Waals surface area (Å²) in [4.78, 5) is 14.4. The number of ether oxygens (including phenoxy) is 2. The van der Waals surface area contributed by atoms with Crippen LogP contribution in [0.2, 0.25) is 0 Å². The van der Waals surface area contributed by atoms with Crippen LogP contribution >= 0.6 is 0 Å². The first-order chi connectivity index (χ1) is 11.2. The molecule has 0 bridgehead atoms. The maximum atomic E-state index is 12.3. The monoisotopic (exact) mass is 313 g/mol. The van der Waals surface area contributed by atoms with Gasteiger partial charge in [0, 0.05) is 18.9 Å². The molecule has 4 aliphatic rings. The fourth-order valence-electron chi connectivity index (χ4n) is 4.88. The molecule has 0 radical (unpaired) electrons. The summed E-state index contributed by atoms with van der Waals surface area (Å²) in [5.74, 6) is 1.83. The van der Waals surface area contributed by atoms with Crippen LogP contribution in [0.5, 0.6) is 11.5 Å². The molecule has 1 spiro atoms. The van der Waals surface area contributed by atoms with Crippen LogP contribution in [0.3, 0.4) is 0 Å². The molecule has 1 aliphatic carbocycles. The number of carbonyl (C=O) groups excluding carboxylic acids is 1. The van der Waals surface area contributed by atoms with Crippen molar-refractivity contribution in [2.45, 2.75) is 37.5 Å². The first-order valence-corrected chi connectivity index (χ1v) is 8.27. The molecule has 3 heterocycles. The lowest BCUT2D eigenvalue weighted by Crippen LogP contribution is -2.49. The van der Waals surface area contributed by atoms with E-state index in [1.165, 1.54) is 5.56 Å². The number of rotatable bonds is 0. The molecule has 3 aliphatic heterocycles. The molecule has 5 rings (SSSR count). The van der Waals surface area contributed by atoms with Crippen molar-refractivity contribution in [1.29, 1.82) is 0 Å². The third-order valence-electron chi connectivity index (χ3n) is 5.82. The van der Waals surface area contributed by atoms with Gasteiger partial charge in [-0.05, 0) is 48.6 Å². The summed E-state index contributed by atoms with van der Waals surface area (Å²) in [5, 5.41) is 10.6. The fraction of sp³-hybridized carbons (Fsp3) is 0.500. The smallest absolute Gasteiger partial charge is 0.231 e. The van der Waals surface area contributed by atoms with Crippen LogP contribution < -0.4 is 9.47 Å². The average Bonchev–Trinajstić information content (AvgIpc) is 3.05. The van der Waals surface area contributed by atoms with E-state index in [9.17, 15) is 9.90 Å². The number of hydrogen-bond acceptors (Lipinski definition) is 5. The summed E-state index contributed by atoms with van der Waals surface area (Å²) in [6.45, 7) is 1.06. The summed E-state index contributed by atoms with van der Waals surface area (Å²) < 4.78 is 11.1. The van der Waals surface area contributed by atoms with Gasteiger partial charge in [0.05, 0.1) is 5.54 Å². The van der Waals surface area contributed by atoms with Crippen molar-refractivity contribution in [1.82, 2.24) is 4.90 Å². The molecule has 1 N–H and O–H groups in total. The second kappa shape index (κ2) is 4.58. The summed E-state index contributed by atoms with van der Waals surface area (Å²) in [6, 6.07) is 4.12. The number of aliphatic hydroxyl groups is 1. The minimum Gasteiger partial charge on any atom is -0.454 e. The minimum atomic E-state index is -0.494. The van der Waals surface area contributed by atoms with Crippen molar-refractivity contribution in [2.75, 3.05) is 13.3 Å². The van der Waals surface area contributed by atoms with E-state index in [4.69, 9.17) is 9.47 Å². The van der Waals surface area contributed by atoms with Gasteiger partial charge < -0.3 is 14.6 Å². The molecule has 23 heavy (non-hydrogen) atoms. The molecule has 1 aromatic carbocycles. The van der Waals surface area contributed by atoms with E-state index >= 15 is 0 Å². The van der Waals surface area contributed by atoms with Crippen molar-refractivity contribution >= 4 is 5.78 Å². The Balaban J connectivity index is 1.76. The number of aryl methyl sites for hydroxylation is 1. The van der Waals surface area contributed by atoms with Gasteiger partial charge in [-0.25, -0.2) is 0 Å². The van der Waals surface area contributed by atoms with E-state index < -0.39 is 11.8 Å². The molecular formula is C18H19NO4. The molecular weight excluding hydrogens is 294 g/mol. The van der Waals surface area contributed by atoms with E-state index in [0.29, 0.717) is 12.8 Å². The third-order valence-corrected chi connectivity index (χ3v) is 5.82. The molecule has 0 amide bonds. The molecule has 0 saturated carbocycles. The molecule has 1 fully saturated rings. The molecule has 3 atom stereocenters. The second-order valence-electron chi connectivity index (χ2n) is 6.91. The topological polar surface area (TPSA) is 59.0 Å². The number of allylic oxidation sites excluding steroid dienone is 1. The third kappa shape index (κ3) is 1.72. The number of carbonyl (C=O) groups is 1. The van der Waals surface area contributed by atoms with Gasteiger partial charge in [-0.2, -0.15) is 0 Å². The quantitative estimate of drug-likeness (QED) is 0.790. The first kappa shape index (κ1) is 13.6. The molecule has 1 aromatic rings. The van der Waals surface area contributed by atoms with Gasteiger partial charge in [-0.1, -0.05) is 6.08 Å². The lowest BCUT2D eigenvalue weighted by atomic mass is 9.71. The molecule has 5 heteroatoms. The van der Waals surface area contributed by atoms with Crippen molar-refractivity contribution in [3.63, 3.8) is 0 Å². The molecule has 0 unspecified atom stereocenters. The SMILES string of the molecule is O=C1C=C[C@H]2C[C@@H](O)N3CCCc4cc5c(cc4[C@]23C1)OCO5. The Kier molecular flexibility index (Phi) is 2.71. The van der Waals surface area contributed by atoms with Gasteiger partial charge >= 0.3 is 0 Å². The van der Waals surface area contributed by atoms with Gasteiger partial charge in [0.2, 0.25) is 6.79 Å². The highest BCUT2D eigenvalue weighted by Crippen LogP contribution is 2.54. The molecule has 1 saturated heterocycles. The van der Waals surface area contributed by atoms with Crippen LogP contribution in [-0.2, 0) is 16.8 Å². The Bertz CT molecular complexity index is 728. The summed E-state index contributed by atoms with van der Waals surface area (Å²) in [5.41, 5.74) is 1.93. The van der Waals surface area contributed by atoms with E-state index in [1.807, 2.05) is 12.1 Å². The normalized spacial score (nSPS) is 34.7. The van der Waals surface area contributed by atoms with E-state index in [-0.39, 0.29) is 18.5 Å². The molecule has 0 aromatic heterocycles. The largest absolute Gasteiger partial charge is 0.454 e. The lowest BCUT2D eigenvalue weighted by Gasteiger charge is -2.43. The van der Waals surface area contributed by atoms with Crippen molar-refractivity contribution in [3.05, 3.63) is 35.4 Å². The molecule has 120 valence electrons. The summed E-state index contributed by atoms with van der Waals surface area (Å²) >= 11 is 0. The highest BCUT2D eigenvalue weighted by molar-refractivity contribution is 5.92. The van der Waals surface area contributed by atoms with Crippen molar-refractivity contribution in [3.8, 4) is 11.5 Å². The fourth-order valence-corrected chi connectivity index (χ4v) is 4.88. The van der Waals surface area contributed by atoms with Crippen LogP contribution in [0, 0.1) is 5.92 Å². The maximum absolute atomic E-state index is 12.3. The predicted octanol–water partition coefficient (Wildman–Crippen LogP) is 1.73. The number of ketones is 1. The lowest BCUT2D eigenvalue weighted by molar-refractivity contribution is -0.120. The Morgan fingerprint density at radius 1 is 1.26 bits per heavy atom. The summed E-state index contributed by atoms with van der Waals surface area (Å²) in [7, 11) is 0. The van der Waals surface area contributed by atoms with Gasteiger partial charge in [0.1, 0.15) is 6.23 Å². The highest BCUT2D eigenvalue weighted by atomic mass is 16.7. The highest BCUT2D eigenvalue weighted by Gasteiger charge is 2.56. The van der Waals surface area contributed by atoms with Crippen LogP contribution in [0.1, 0.15) is 30.4 Å². The van der Waals surface area contributed by atoms with Crippen LogP contribution in [0.4, 0.5) is 0 Å². The standard InChI is InChI=1S/C18H19NO4/c20-13-4-3-12-7-17(21)19-5-1-2-11-6-15-16(23-10-22-15)8-14(11)18(12,19)9-13/h3-4,6,8,12,17,21H,1-2,5,7,9-10H2/t12-,17+,18-/m0/s1. The second-order valence-corrected chi connectivity index (χ2v) is 6.91. The first-order valence-electron chi connectivity index (χ1n) is 8.27. The molecule has 5 nitrogen and oxygen atoms in total. The number of benzene rings is 1. The van der Waals surface area contributed by atoms with E-state index in [1.54, 1.807) is 6.08 Å². The van der Waals surface area contributed by atoms with Gasteiger partial charge in [-0.3, -0.25) is 9.69 Å². The number of fused-ring (bicyclic) bond motifs is 2. The van der Waals surface area contributed by atoms with Crippen LogP contribution in [0.25, 0.3) is 0 Å². The van der Waals surface area contributed by atoms with E-state index in [2.05, 4.69) is 11.0 Å². The number of aliphatic hydroxyl groups excluding tert-OH is 1. The van der Waals surface area contributed by atoms with Gasteiger partial charge in [-0.15, -0.1) is 0 Å². The van der Waals surface area contributed by atoms with Crippen molar-refractivity contribution in [2.24, 2.45) is 5.92 Å². The van der Waals surface area contributed by atoms with Crippen LogP contribution in [0.15, 0.2) is 24.3 Å². The average molecular weight is 313 g/mol. The van der Waals surface area contributed by atoms with Gasteiger partial charge in [0.25, 0.3) is 0 Å². The zero-order chi connectivity index (χ0) is 15.6. The van der Waals surface area contributed by atoms with Crippen LogP contribution in [-0.4, -0.2) is 35.4 Å². The Labute approximate surface area is 134 Å². The van der Waals surface area contributed by atoms with Gasteiger partial charge in [0.15, 0.2) is 17.3 Å². The minimum absolute atomic E-state index is 0.130. The Morgan fingerprint density at radius 2 is 2.09 bits per heavy atom. The number of nitrogens with zero attached hydrogens (tertiary/aromatic N) is 1. The van der Waals surface area contributed by atoms with Crippen molar-refractivity contribution < 1.29 is 19.4 Å². The zero-order valence-corrected chi connectivity index (χ0v) is 12.8. The summed E-state index contributed by atoms with van der Waals surface area (Å²) in [6.07, 6.45) is 6.19. The Morgan fingerprint density at radius 3 is 2.96 bits per heavy atom. The zero-order valence-electron chi connectivity index (χ0n) is 12.8. The Hall–Kier alpha value is -1.85. The number of hydrogen-bond donors (Lipinski definition) is 1.